The molecule has 1 unspecified atom stereocenters. The van der Waals surface area contributed by atoms with Gasteiger partial charge in [-0.1, -0.05) is 13.8 Å². The molecule has 0 aromatic rings. The van der Waals surface area contributed by atoms with Crippen molar-refractivity contribution in [1.29, 1.82) is 0 Å². The fourth-order valence-corrected chi connectivity index (χ4v) is 3.12. The van der Waals surface area contributed by atoms with Crippen molar-refractivity contribution in [1.82, 2.24) is 10.2 Å². The van der Waals surface area contributed by atoms with Gasteiger partial charge in [0.2, 0.25) is 11.8 Å². The van der Waals surface area contributed by atoms with Gasteiger partial charge in [-0.15, -0.1) is 0 Å². The Hall–Kier alpha value is -0.900. The van der Waals surface area contributed by atoms with Crippen molar-refractivity contribution in [2.45, 2.75) is 46.0 Å². The molecule has 2 rings (SSSR count). The van der Waals surface area contributed by atoms with Gasteiger partial charge in [0.25, 0.3) is 0 Å². The molecule has 0 saturated carbocycles. The van der Waals surface area contributed by atoms with Gasteiger partial charge < -0.3 is 5.32 Å². The van der Waals surface area contributed by atoms with Crippen LogP contribution in [0.5, 0.6) is 0 Å². The molecule has 0 aromatic carbocycles. The molecule has 0 spiro atoms. The summed E-state index contributed by atoms with van der Waals surface area (Å²) in [6.07, 6.45) is 4.33. The normalized spacial score (nSPS) is 30.9. The summed E-state index contributed by atoms with van der Waals surface area (Å²) < 4.78 is 0. The molecule has 2 saturated heterocycles. The SMILES string of the molecule is CCC1(CN2C(=O)CC(C)CC2=O)CCCNC1. The lowest BCUT2D eigenvalue weighted by molar-refractivity contribution is -0.152. The summed E-state index contributed by atoms with van der Waals surface area (Å²) in [5.74, 6) is 0.262. The van der Waals surface area contributed by atoms with Gasteiger partial charge in [-0.3, -0.25) is 14.5 Å². The third-order valence-corrected chi connectivity index (χ3v) is 4.45. The highest BCUT2D eigenvalue weighted by atomic mass is 16.2. The van der Waals surface area contributed by atoms with E-state index in [1.54, 1.807) is 0 Å². The monoisotopic (exact) mass is 252 g/mol. The lowest BCUT2D eigenvalue weighted by Crippen LogP contribution is -2.52. The minimum atomic E-state index is 0.0251. The predicted octanol–water partition coefficient (Wildman–Crippen LogP) is 1.55. The Morgan fingerprint density at radius 3 is 2.50 bits per heavy atom. The van der Waals surface area contributed by atoms with Gasteiger partial charge in [-0.25, -0.2) is 0 Å². The lowest BCUT2D eigenvalue weighted by atomic mass is 9.77. The molecule has 18 heavy (non-hydrogen) atoms. The van der Waals surface area contributed by atoms with Crippen molar-refractivity contribution >= 4 is 11.8 Å². The summed E-state index contributed by atoms with van der Waals surface area (Å²) in [6.45, 7) is 6.73. The number of likely N-dealkylation sites (tertiary alicyclic amines) is 1. The average molecular weight is 252 g/mol. The van der Waals surface area contributed by atoms with E-state index in [0.717, 1.165) is 32.4 Å². The number of carbonyl (C=O) groups is 2. The van der Waals surface area contributed by atoms with E-state index in [1.807, 2.05) is 6.92 Å². The molecule has 4 nitrogen and oxygen atoms in total. The summed E-state index contributed by atoms with van der Waals surface area (Å²) in [7, 11) is 0. The third kappa shape index (κ3) is 2.74. The molecule has 102 valence electrons. The predicted molar refractivity (Wildman–Crippen MR) is 69.9 cm³/mol. The molecule has 0 radical (unpaired) electrons. The first kappa shape index (κ1) is 13.5. The molecule has 2 fully saturated rings. The van der Waals surface area contributed by atoms with Crippen LogP contribution in [0.2, 0.25) is 0 Å². The van der Waals surface area contributed by atoms with E-state index in [9.17, 15) is 9.59 Å². The van der Waals surface area contributed by atoms with E-state index in [-0.39, 0.29) is 23.1 Å². The molecule has 0 aromatic heterocycles. The van der Waals surface area contributed by atoms with E-state index in [4.69, 9.17) is 0 Å². The molecule has 2 amide bonds. The van der Waals surface area contributed by atoms with Gasteiger partial charge in [-0.2, -0.15) is 0 Å². The number of rotatable bonds is 3. The summed E-state index contributed by atoms with van der Waals surface area (Å²) in [6, 6.07) is 0. The maximum atomic E-state index is 12.0. The molecule has 1 N–H and O–H groups in total. The Morgan fingerprint density at radius 1 is 1.33 bits per heavy atom. The smallest absolute Gasteiger partial charge is 0.229 e. The fraction of sp³-hybridized carbons (Fsp3) is 0.857. The Bertz CT molecular complexity index is 317. The van der Waals surface area contributed by atoms with Crippen LogP contribution in [0.1, 0.15) is 46.0 Å². The Balaban J connectivity index is 2.06. The van der Waals surface area contributed by atoms with E-state index >= 15 is 0 Å². The van der Waals surface area contributed by atoms with Crippen LogP contribution >= 0.6 is 0 Å². The second-order valence-electron chi connectivity index (χ2n) is 6.02. The van der Waals surface area contributed by atoms with Crippen molar-refractivity contribution < 1.29 is 9.59 Å². The van der Waals surface area contributed by atoms with E-state index in [2.05, 4.69) is 12.2 Å². The maximum absolute atomic E-state index is 12.0. The number of hydrogen-bond acceptors (Lipinski definition) is 3. The first-order chi connectivity index (χ1) is 8.56. The van der Waals surface area contributed by atoms with Gasteiger partial charge in [0, 0.05) is 31.3 Å². The molecule has 1 atom stereocenters. The first-order valence-corrected chi connectivity index (χ1v) is 7.10. The van der Waals surface area contributed by atoms with Crippen molar-refractivity contribution in [3.05, 3.63) is 0 Å². The van der Waals surface area contributed by atoms with Gasteiger partial charge >= 0.3 is 0 Å². The van der Waals surface area contributed by atoms with E-state index in [0.29, 0.717) is 19.4 Å². The molecular weight excluding hydrogens is 228 g/mol. The van der Waals surface area contributed by atoms with Gasteiger partial charge in [0.05, 0.1) is 0 Å². The summed E-state index contributed by atoms with van der Waals surface area (Å²) in [5.41, 5.74) is 0.101. The Morgan fingerprint density at radius 2 is 2.00 bits per heavy atom. The number of hydrogen-bond donors (Lipinski definition) is 1. The van der Waals surface area contributed by atoms with Crippen LogP contribution in [0.25, 0.3) is 0 Å². The summed E-state index contributed by atoms with van der Waals surface area (Å²) in [5, 5.41) is 3.41. The largest absolute Gasteiger partial charge is 0.316 e. The average Bonchev–Trinajstić information content (AvgIpc) is 2.35. The van der Waals surface area contributed by atoms with Crippen LogP contribution in [0.4, 0.5) is 0 Å². The second-order valence-corrected chi connectivity index (χ2v) is 6.02. The highest BCUT2D eigenvalue weighted by molar-refractivity contribution is 5.97. The topological polar surface area (TPSA) is 49.4 Å². The van der Waals surface area contributed by atoms with Crippen molar-refractivity contribution in [3.63, 3.8) is 0 Å². The van der Waals surface area contributed by atoms with Crippen LogP contribution in [0.15, 0.2) is 0 Å². The van der Waals surface area contributed by atoms with Gasteiger partial charge in [0.1, 0.15) is 0 Å². The van der Waals surface area contributed by atoms with Crippen LogP contribution < -0.4 is 5.32 Å². The second kappa shape index (κ2) is 5.39. The fourth-order valence-electron chi connectivity index (χ4n) is 3.12. The maximum Gasteiger partial charge on any atom is 0.229 e. The molecule has 0 aliphatic carbocycles. The molecule has 2 aliphatic rings. The molecule has 4 heteroatoms. The van der Waals surface area contributed by atoms with E-state index in [1.165, 1.54) is 4.90 Å². The molecule has 2 heterocycles. The highest BCUT2D eigenvalue weighted by Gasteiger charge is 2.38. The standard InChI is InChI=1S/C14H24N2O2/c1-3-14(5-4-6-15-9-14)10-16-12(17)7-11(2)8-13(16)18/h11,15H,3-10H2,1-2H3. The zero-order valence-corrected chi connectivity index (χ0v) is 11.5. The minimum absolute atomic E-state index is 0.0251. The molecular formula is C14H24N2O2. The number of amides is 2. The molecule has 2 aliphatic heterocycles. The zero-order valence-electron chi connectivity index (χ0n) is 11.5. The number of piperidine rings is 2. The van der Waals surface area contributed by atoms with Crippen LogP contribution in [-0.4, -0.2) is 36.3 Å². The van der Waals surface area contributed by atoms with E-state index < -0.39 is 0 Å². The third-order valence-electron chi connectivity index (χ3n) is 4.45. The number of imide groups is 1. The number of nitrogens with zero attached hydrogens (tertiary/aromatic N) is 1. The first-order valence-electron chi connectivity index (χ1n) is 7.10. The zero-order chi connectivity index (χ0) is 13.2. The number of carbonyl (C=O) groups excluding carboxylic acids is 2. The highest BCUT2D eigenvalue weighted by Crippen LogP contribution is 2.33. The van der Waals surface area contributed by atoms with Crippen molar-refractivity contribution in [2.75, 3.05) is 19.6 Å². The Labute approximate surface area is 109 Å². The quantitative estimate of drug-likeness (QED) is 0.775. The summed E-state index contributed by atoms with van der Waals surface area (Å²) in [4.78, 5) is 25.6. The summed E-state index contributed by atoms with van der Waals surface area (Å²) >= 11 is 0. The minimum Gasteiger partial charge on any atom is -0.316 e. The van der Waals surface area contributed by atoms with Crippen LogP contribution in [-0.2, 0) is 9.59 Å². The van der Waals surface area contributed by atoms with Crippen LogP contribution in [0.3, 0.4) is 0 Å². The lowest BCUT2D eigenvalue weighted by Gasteiger charge is -2.41. The number of nitrogens with one attached hydrogen (secondary N) is 1. The van der Waals surface area contributed by atoms with Crippen molar-refractivity contribution in [3.8, 4) is 0 Å². The van der Waals surface area contributed by atoms with Crippen molar-refractivity contribution in [2.24, 2.45) is 11.3 Å². The van der Waals surface area contributed by atoms with Gasteiger partial charge in [0.15, 0.2) is 0 Å². The molecule has 0 bridgehead atoms. The Kier molecular flexibility index (Phi) is 4.05. The van der Waals surface area contributed by atoms with Gasteiger partial charge in [-0.05, 0) is 31.7 Å². The van der Waals surface area contributed by atoms with Crippen LogP contribution in [0, 0.1) is 11.3 Å².